The molecule has 1 aromatic heterocycles. The minimum atomic E-state index is -0.143. The van der Waals surface area contributed by atoms with Crippen molar-refractivity contribution in [3.8, 4) is 0 Å². The smallest absolute Gasteiger partial charge is 0.305 e. The Bertz CT molecular complexity index is 589. The highest BCUT2D eigenvalue weighted by Gasteiger charge is 2.04. The Morgan fingerprint density at radius 1 is 1.33 bits per heavy atom. The van der Waals surface area contributed by atoms with Gasteiger partial charge >= 0.3 is 5.97 Å². The molecule has 2 rings (SSSR count). The molecular formula is C17H24N2O2. The Labute approximate surface area is 126 Å². The quantitative estimate of drug-likeness (QED) is 0.599. The summed E-state index contributed by atoms with van der Waals surface area (Å²) in [4.78, 5) is 11.1. The summed E-state index contributed by atoms with van der Waals surface area (Å²) in [6.07, 6.45) is 4.51. The maximum atomic E-state index is 11.1. The number of ether oxygens (including phenoxy) is 1. The zero-order valence-corrected chi connectivity index (χ0v) is 12.9. The summed E-state index contributed by atoms with van der Waals surface area (Å²) in [5.41, 5.74) is 2.53. The molecule has 0 saturated heterocycles. The van der Waals surface area contributed by atoms with E-state index in [1.165, 1.54) is 23.6 Å². The lowest BCUT2D eigenvalue weighted by molar-refractivity contribution is -0.140. The third-order valence-electron chi connectivity index (χ3n) is 3.60. The molecule has 4 nitrogen and oxygen atoms in total. The van der Waals surface area contributed by atoms with Crippen LogP contribution >= 0.6 is 0 Å². The van der Waals surface area contributed by atoms with Gasteiger partial charge in [-0.3, -0.25) is 4.79 Å². The van der Waals surface area contributed by atoms with Crippen LogP contribution in [0.3, 0.4) is 0 Å². The summed E-state index contributed by atoms with van der Waals surface area (Å²) in [7, 11) is 1.43. The van der Waals surface area contributed by atoms with Crippen molar-refractivity contribution in [1.29, 1.82) is 0 Å². The summed E-state index contributed by atoms with van der Waals surface area (Å²) in [6.45, 7) is 4.97. The molecule has 0 saturated carbocycles. The number of esters is 1. The van der Waals surface area contributed by atoms with Gasteiger partial charge in [0.15, 0.2) is 0 Å². The SMILES string of the molecule is CCCNCc1ccc2c(ccn2CCCC(=O)OC)c1. The molecule has 0 aliphatic heterocycles. The van der Waals surface area contributed by atoms with Gasteiger partial charge in [-0.1, -0.05) is 13.0 Å². The average molecular weight is 288 g/mol. The second kappa shape index (κ2) is 7.84. The van der Waals surface area contributed by atoms with Gasteiger partial charge in [0, 0.05) is 31.2 Å². The van der Waals surface area contributed by atoms with Crippen LogP contribution in [0.1, 0.15) is 31.7 Å². The minimum absolute atomic E-state index is 0.143. The first-order valence-electron chi connectivity index (χ1n) is 7.60. The number of carbonyl (C=O) groups excluding carboxylic acids is 1. The number of aryl methyl sites for hydroxylation is 1. The molecule has 0 unspecified atom stereocenters. The lowest BCUT2D eigenvalue weighted by Crippen LogP contribution is -2.13. The predicted molar refractivity (Wildman–Crippen MR) is 85.2 cm³/mol. The number of rotatable bonds is 8. The van der Waals surface area contributed by atoms with Crippen LogP contribution in [-0.2, 0) is 22.6 Å². The molecule has 1 N–H and O–H groups in total. The van der Waals surface area contributed by atoms with Gasteiger partial charge in [-0.15, -0.1) is 0 Å². The molecule has 0 radical (unpaired) electrons. The number of aromatic nitrogens is 1. The number of hydrogen-bond donors (Lipinski definition) is 1. The maximum absolute atomic E-state index is 11.1. The fraction of sp³-hybridized carbons (Fsp3) is 0.471. The van der Waals surface area contributed by atoms with E-state index in [-0.39, 0.29) is 5.97 Å². The normalized spacial score (nSPS) is 11.0. The molecule has 1 heterocycles. The van der Waals surface area contributed by atoms with E-state index in [1.807, 2.05) is 0 Å². The number of methoxy groups -OCH3 is 1. The summed E-state index contributed by atoms with van der Waals surface area (Å²) >= 11 is 0. The molecular weight excluding hydrogens is 264 g/mol. The van der Waals surface area contributed by atoms with Crippen molar-refractivity contribution in [3.63, 3.8) is 0 Å². The van der Waals surface area contributed by atoms with Crippen molar-refractivity contribution in [1.82, 2.24) is 9.88 Å². The second-order valence-electron chi connectivity index (χ2n) is 5.26. The third-order valence-corrected chi connectivity index (χ3v) is 3.60. The van der Waals surface area contributed by atoms with E-state index in [0.29, 0.717) is 6.42 Å². The molecule has 0 aliphatic rings. The van der Waals surface area contributed by atoms with E-state index in [9.17, 15) is 4.79 Å². The molecule has 2 aromatic rings. The van der Waals surface area contributed by atoms with Crippen molar-refractivity contribution in [2.75, 3.05) is 13.7 Å². The first kappa shape index (κ1) is 15.6. The second-order valence-corrected chi connectivity index (χ2v) is 5.26. The molecule has 0 atom stereocenters. The summed E-state index contributed by atoms with van der Waals surface area (Å²) in [6, 6.07) is 8.70. The van der Waals surface area contributed by atoms with Crippen molar-refractivity contribution in [3.05, 3.63) is 36.0 Å². The number of hydrogen-bond acceptors (Lipinski definition) is 3. The average Bonchev–Trinajstić information content (AvgIpc) is 2.90. The standard InChI is InChI=1S/C17H24N2O2/c1-3-9-18-13-14-6-7-16-15(12-14)8-11-19(16)10-4-5-17(20)21-2/h6-8,11-12,18H,3-5,9-10,13H2,1-2H3. The maximum Gasteiger partial charge on any atom is 0.305 e. The molecule has 0 spiro atoms. The zero-order valence-electron chi connectivity index (χ0n) is 12.9. The van der Waals surface area contributed by atoms with E-state index in [1.54, 1.807) is 0 Å². The van der Waals surface area contributed by atoms with Crippen LogP contribution in [0.15, 0.2) is 30.5 Å². The van der Waals surface area contributed by atoms with Crippen molar-refractivity contribution in [2.45, 2.75) is 39.3 Å². The molecule has 0 fully saturated rings. The summed E-state index contributed by atoms with van der Waals surface area (Å²) in [5.74, 6) is -0.143. The van der Waals surface area contributed by atoms with Crippen molar-refractivity contribution < 1.29 is 9.53 Å². The molecule has 0 amide bonds. The summed E-state index contributed by atoms with van der Waals surface area (Å²) < 4.78 is 6.86. The lowest BCUT2D eigenvalue weighted by atomic mass is 10.1. The van der Waals surface area contributed by atoms with Crippen LogP contribution in [0.25, 0.3) is 10.9 Å². The zero-order chi connectivity index (χ0) is 15.1. The summed E-state index contributed by atoms with van der Waals surface area (Å²) in [5, 5.41) is 4.67. The number of nitrogens with one attached hydrogen (secondary N) is 1. The number of fused-ring (bicyclic) bond motifs is 1. The lowest BCUT2D eigenvalue weighted by Gasteiger charge is -2.07. The van der Waals surface area contributed by atoms with Crippen LogP contribution in [0.4, 0.5) is 0 Å². The van der Waals surface area contributed by atoms with Gasteiger partial charge < -0.3 is 14.6 Å². The van der Waals surface area contributed by atoms with E-state index in [2.05, 4.69) is 52.0 Å². The monoisotopic (exact) mass is 288 g/mol. The fourth-order valence-electron chi connectivity index (χ4n) is 2.46. The highest BCUT2D eigenvalue weighted by molar-refractivity contribution is 5.80. The first-order valence-corrected chi connectivity index (χ1v) is 7.60. The van der Waals surface area contributed by atoms with E-state index in [0.717, 1.165) is 32.5 Å². The largest absolute Gasteiger partial charge is 0.469 e. The fourth-order valence-corrected chi connectivity index (χ4v) is 2.46. The minimum Gasteiger partial charge on any atom is -0.469 e. The van der Waals surface area contributed by atoms with Crippen LogP contribution in [0.2, 0.25) is 0 Å². The predicted octanol–water partition coefficient (Wildman–Crippen LogP) is 3.09. The molecule has 4 heteroatoms. The Hall–Kier alpha value is -1.81. The molecule has 114 valence electrons. The van der Waals surface area contributed by atoms with E-state index in [4.69, 9.17) is 0 Å². The van der Waals surface area contributed by atoms with Crippen molar-refractivity contribution >= 4 is 16.9 Å². The van der Waals surface area contributed by atoms with Crippen LogP contribution in [0, 0.1) is 0 Å². The highest BCUT2D eigenvalue weighted by atomic mass is 16.5. The van der Waals surface area contributed by atoms with Crippen LogP contribution in [0.5, 0.6) is 0 Å². The van der Waals surface area contributed by atoms with Gasteiger partial charge in [-0.2, -0.15) is 0 Å². The van der Waals surface area contributed by atoms with Gasteiger partial charge in [0.1, 0.15) is 0 Å². The Kier molecular flexibility index (Phi) is 5.81. The van der Waals surface area contributed by atoms with Gasteiger partial charge in [0.2, 0.25) is 0 Å². The number of benzene rings is 1. The van der Waals surface area contributed by atoms with Gasteiger partial charge in [0.05, 0.1) is 7.11 Å². The van der Waals surface area contributed by atoms with E-state index >= 15 is 0 Å². The van der Waals surface area contributed by atoms with E-state index < -0.39 is 0 Å². The first-order chi connectivity index (χ1) is 10.2. The van der Waals surface area contributed by atoms with Gasteiger partial charge in [0.25, 0.3) is 0 Å². The Balaban J connectivity index is 1.98. The Morgan fingerprint density at radius 3 is 2.95 bits per heavy atom. The molecule has 1 aromatic carbocycles. The van der Waals surface area contributed by atoms with Gasteiger partial charge in [-0.05, 0) is 48.5 Å². The van der Waals surface area contributed by atoms with Crippen LogP contribution < -0.4 is 5.32 Å². The number of carbonyl (C=O) groups is 1. The molecule has 0 bridgehead atoms. The topological polar surface area (TPSA) is 43.3 Å². The highest BCUT2D eigenvalue weighted by Crippen LogP contribution is 2.18. The molecule has 0 aliphatic carbocycles. The Morgan fingerprint density at radius 2 is 2.19 bits per heavy atom. The van der Waals surface area contributed by atoms with Crippen molar-refractivity contribution in [2.24, 2.45) is 0 Å². The van der Waals surface area contributed by atoms with Crippen LogP contribution in [-0.4, -0.2) is 24.2 Å². The molecule has 21 heavy (non-hydrogen) atoms. The number of nitrogens with zero attached hydrogens (tertiary/aromatic N) is 1. The van der Waals surface area contributed by atoms with Gasteiger partial charge in [-0.25, -0.2) is 0 Å². The third kappa shape index (κ3) is 4.33.